The number of piperazine rings is 1. The average Bonchev–Trinajstić information content (AvgIpc) is 3.06. The molecule has 0 saturated carbocycles. The first-order valence-electron chi connectivity index (χ1n) is 10.1. The third-order valence-electron chi connectivity index (χ3n) is 5.54. The number of carbonyl (C=O) groups is 1. The number of sulfonamides is 1. The number of hydrogen-bond acceptors (Lipinski definition) is 4. The van der Waals surface area contributed by atoms with Gasteiger partial charge in [0, 0.05) is 31.7 Å². The van der Waals surface area contributed by atoms with Crippen molar-refractivity contribution < 1.29 is 17.6 Å². The Morgan fingerprint density at radius 2 is 1.56 bits per heavy atom. The van der Waals surface area contributed by atoms with Crippen LogP contribution in [0, 0.1) is 19.7 Å². The number of aryl methyl sites for hydroxylation is 1. The minimum atomic E-state index is -3.73. The first-order valence-corrected chi connectivity index (χ1v) is 11.9. The minimum Gasteiger partial charge on any atom is -0.336 e. The summed E-state index contributed by atoms with van der Waals surface area (Å²) in [5, 5.41) is 5.02. The smallest absolute Gasteiger partial charge is 0.253 e. The Balaban J connectivity index is 1.43. The van der Waals surface area contributed by atoms with E-state index in [0.717, 1.165) is 29.2 Å². The summed E-state index contributed by atoms with van der Waals surface area (Å²) in [6.07, 6.45) is 0. The van der Waals surface area contributed by atoms with Crippen molar-refractivity contribution >= 4 is 27.5 Å². The van der Waals surface area contributed by atoms with Gasteiger partial charge in [0.05, 0.1) is 27.0 Å². The Morgan fingerprint density at radius 1 is 0.969 bits per heavy atom. The molecule has 2 heterocycles. The fraction of sp³-hybridized carbons (Fsp3) is 0.273. The van der Waals surface area contributed by atoms with Gasteiger partial charge in [0.2, 0.25) is 10.0 Å². The molecule has 32 heavy (non-hydrogen) atoms. The molecule has 10 heteroatoms. The number of halogens is 2. The van der Waals surface area contributed by atoms with Crippen LogP contribution in [0.2, 0.25) is 5.02 Å². The molecule has 3 aromatic rings. The average molecular weight is 477 g/mol. The summed E-state index contributed by atoms with van der Waals surface area (Å²) in [7, 11) is -3.73. The lowest BCUT2D eigenvalue weighted by Gasteiger charge is -2.34. The first-order chi connectivity index (χ1) is 15.2. The number of nitrogens with zero attached hydrogens (tertiary/aromatic N) is 4. The third kappa shape index (κ3) is 4.15. The van der Waals surface area contributed by atoms with E-state index < -0.39 is 15.8 Å². The Kier molecular flexibility index (Phi) is 6.07. The van der Waals surface area contributed by atoms with Crippen molar-refractivity contribution in [2.75, 3.05) is 26.2 Å². The number of rotatable bonds is 4. The van der Waals surface area contributed by atoms with E-state index in [1.165, 1.54) is 16.4 Å². The summed E-state index contributed by atoms with van der Waals surface area (Å²) in [6, 6.07) is 11.8. The quantitative estimate of drug-likeness (QED) is 0.578. The van der Waals surface area contributed by atoms with Crippen molar-refractivity contribution in [2.24, 2.45) is 0 Å². The highest BCUT2D eigenvalue weighted by atomic mass is 35.5. The van der Waals surface area contributed by atoms with Gasteiger partial charge in [-0.15, -0.1) is 0 Å². The Labute approximate surface area is 191 Å². The fourth-order valence-electron chi connectivity index (χ4n) is 3.69. The molecule has 1 aromatic heterocycles. The summed E-state index contributed by atoms with van der Waals surface area (Å²) < 4.78 is 41.7. The van der Waals surface area contributed by atoms with E-state index in [9.17, 15) is 17.6 Å². The molecule has 1 fully saturated rings. The van der Waals surface area contributed by atoms with E-state index in [4.69, 9.17) is 11.6 Å². The molecule has 4 rings (SSSR count). The van der Waals surface area contributed by atoms with Gasteiger partial charge in [-0.05, 0) is 62.4 Å². The second kappa shape index (κ2) is 8.65. The molecular weight excluding hydrogens is 455 g/mol. The molecule has 7 nitrogen and oxygen atoms in total. The fourth-order valence-corrected chi connectivity index (χ4v) is 5.23. The zero-order valence-corrected chi connectivity index (χ0v) is 19.2. The van der Waals surface area contributed by atoms with Gasteiger partial charge in [0.25, 0.3) is 5.91 Å². The van der Waals surface area contributed by atoms with Crippen molar-refractivity contribution in [2.45, 2.75) is 18.7 Å². The minimum absolute atomic E-state index is 0.0403. The Hall–Kier alpha value is -2.75. The number of hydrogen-bond donors (Lipinski definition) is 0. The summed E-state index contributed by atoms with van der Waals surface area (Å²) in [5.74, 6) is -0.659. The van der Waals surface area contributed by atoms with E-state index in [0.29, 0.717) is 10.6 Å². The summed E-state index contributed by atoms with van der Waals surface area (Å²) in [6.45, 7) is 4.60. The van der Waals surface area contributed by atoms with Crippen LogP contribution in [-0.4, -0.2) is 59.5 Å². The predicted molar refractivity (Wildman–Crippen MR) is 119 cm³/mol. The Morgan fingerprint density at radius 3 is 2.09 bits per heavy atom. The van der Waals surface area contributed by atoms with Gasteiger partial charge in [-0.3, -0.25) is 4.79 Å². The molecular formula is C22H22ClFN4O3S. The Bertz CT molecular complexity index is 1250. The topological polar surface area (TPSA) is 75.5 Å². The van der Waals surface area contributed by atoms with Gasteiger partial charge in [-0.2, -0.15) is 9.40 Å². The van der Waals surface area contributed by atoms with Crippen LogP contribution in [0.5, 0.6) is 0 Å². The number of amides is 1. The lowest BCUT2D eigenvalue weighted by atomic mass is 10.1. The molecule has 0 spiro atoms. The maximum Gasteiger partial charge on any atom is 0.253 e. The predicted octanol–water partition coefficient (Wildman–Crippen LogP) is 3.43. The molecule has 1 aliphatic heterocycles. The molecule has 0 N–H and O–H groups in total. The van der Waals surface area contributed by atoms with Crippen LogP contribution in [-0.2, 0) is 10.0 Å². The zero-order valence-electron chi connectivity index (χ0n) is 17.6. The maximum atomic E-state index is 13.1. The van der Waals surface area contributed by atoms with E-state index in [1.807, 2.05) is 13.8 Å². The molecule has 1 saturated heterocycles. The van der Waals surface area contributed by atoms with Gasteiger partial charge in [0.1, 0.15) is 5.82 Å². The van der Waals surface area contributed by atoms with E-state index >= 15 is 0 Å². The van der Waals surface area contributed by atoms with Gasteiger partial charge in [-0.1, -0.05) is 11.6 Å². The van der Waals surface area contributed by atoms with Crippen molar-refractivity contribution in [3.05, 3.63) is 76.3 Å². The number of carbonyl (C=O) groups excluding carboxylic acids is 1. The zero-order chi connectivity index (χ0) is 23.0. The van der Waals surface area contributed by atoms with E-state index in [-0.39, 0.29) is 37.0 Å². The van der Waals surface area contributed by atoms with Crippen LogP contribution in [0.25, 0.3) is 5.69 Å². The first kappa shape index (κ1) is 22.4. The highest BCUT2D eigenvalue weighted by molar-refractivity contribution is 7.89. The molecule has 0 atom stereocenters. The second-order valence-corrected chi connectivity index (χ2v) is 9.91. The van der Waals surface area contributed by atoms with Crippen LogP contribution in [0.3, 0.4) is 0 Å². The molecule has 0 aliphatic carbocycles. The summed E-state index contributed by atoms with van der Waals surface area (Å²) >= 11 is 6.21. The van der Waals surface area contributed by atoms with Gasteiger partial charge in [-0.25, -0.2) is 17.5 Å². The molecule has 168 valence electrons. The molecule has 2 aromatic carbocycles. The van der Waals surface area contributed by atoms with Crippen molar-refractivity contribution in [3.8, 4) is 5.69 Å². The molecule has 0 unspecified atom stereocenters. The monoisotopic (exact) mass is 476 g/mol. The molecule has 0 radical (unpaired) electrons. The lowest BCUT2D eigenvalue weighted by Crippen LogP contribution is -2.50. The van der Waals surface area contributed by atoms with E-state index in [1.54, 1.807) is 33.8 Å². The largest absolute Gasteiger partial charge is 0.336 e. The SMILES string of the molecule is Cc1nn(-c2ccc(C(=O)N3CCN(S(=O)(=O)c4ccc(F)cc4)CC3)cc2)c(C)c1Cl. The van der Waals surface area contributed by atoms with Crippen LogP contribution >= 0.6 is 11.6 Å². The highest BCUT2D eigenvalue weighted by Crippen LogP contribution is 2.23. The number of benzene rings is 2. The van der Waals surface area contributed by atoms with Crippen molar-refractivity contribution in [1.82, 2.24) is 19.0 Å². The van der Waals surface area contributed by atoms with E-state index in [2.05, 4.69) is 5.10 Å². The van der Waals surface area contributed by atoms with Crippen molar-refractivity contribution in [1.29, 1.82) is 0 Å². The van der Waals surface area contributed by atoms with Gasteiger partial charge >= 0.3 is 0 Å². The van der Waals surface area contributed by atoms with Crippen LogP contribution in [0.1, 0.15) is 21.7 Å². The van der Waals surface area contributed by atoms with Gasteiger partial charge < -0.3 is 4.90 Å². The number of aromatic nitrogens is 2. The standard InChI is InChI=1S/C22H22ClFN4O3S/c1-15-21(23)16(2)28(25-15)19-7-3-17(4-8-19)22(29)26-11-13-27(14-12-26)32(30,31)20-9-5-18(24)6-10-20/h3-10H,11-14H2,1-2H3. The summed E-state index contributed by atoms with van der Waals surface area (Å²) in [5.41, 5.74) is 2.86. The van der Waals surface area contributed by atoms with Crippen LogP contribution in [0.4, 0.5) is 4.39 Å². The summed E-state index contributed by atoms with van der Waals surface area (Å²) in [4.78, 5) is 14.6. The molecule has 1 aliphatic rings. The maximum absolute atomic E-state index is 13.1. The lowest BCUT2D eigenvalue weighted by molar-refractivity contribution is 0.0698. The van der Waals surface area contributed by atoms with Crippen LogP contribution in [0.15, 0.2) is 53.4 Å². The molecule has 1 amide bonds. The molecule has 0 bridgehead atoms. The normalized spacial score (nSPS) is 15.2. The van der Waals surface area contributed by atoms with Crippen molar-refractivity contribution in [3.63, 3.8) is 0 Å². The highest BCUT2D eigenvalue weighted by Gasteiger charge is 2.30. The van der Waals surface area contributed by atoms with Crippen LogP contribution < -0.4 is 0 Å². The third-order valence-corrected chi connectivity index (χ3v) is 8.00. The van der Waals surface area contributed by atoms with Gasteiger partial charge in [0.15, 0.2) is 0 Å². The second-order valence-electron chi connectivity index (χ2n) is 7.59.